The molecule has 33 heavy (non-hydrogen) atoms. The lowest BCUT2D eigenvalue weighted by atomic mass is 9.80. The van der Waals surface area contributed by atoms with E-state index in [2.05, 4.69) is 18.8 Å². The lowest BCUT2D eigenvalue weighted by Crippen LogP contribution is -2.13. The zero-order chi connectivity index (χ0) is 23.4. The van der Waals surface area contributed by atoms with Crippen LogP contribution in [0, 0.1) is 41.1 Å². The molecule has 0 aromatic heterocycles. The van der Waals surface area contributed by atoms with Gasteiger partial charge in [0.1, 0.15) is 11.6 Å². The minimum absolute atomic E-state index is 0.0720. The van der Waals surface area contributed by atoms with Crippen LogP contribution in [0.4, 0.5) is 13.2 Å². The molecule has 0 aliphatic heterocycles. The number of rotatable bonds is 4. The number of benzene rings is 3. The summed E-state index contributed by atoms with van der Waals surface area (Å²) in [5.74, 6) is 4.02. The highest BCUT2D eigenvalue weighted by Gasteiger charge is 2.19. The summed E-state index contributed by atoms with van der Waals surface area (Å²) in [5.41, 5.74) is 0.300. The second-order valence-electron chi connectivity index (χ2n) is 8.60. The van der Waals surface area contributed by atoms with Crippen LogP contribution < -0.4 is 4.74 Å². The van der Waals surface area contributed by atoms with Crippen molar-refractivity contribution in [3.63, 3.8) is 0 Å². The summed E-state index contributed by atoms with van der Waals surface area (Å²) >= 11 is 0. The van der Waals surface area contributed by atoms with E-state index in [0.29, 0.717) is 16.9 Å². The Morgan fingerprint density at radius 1 is 0.970 bits per heavy atom. The molecule has 3 aromatic rings. The van der Waals surface area contributed by atoms with Gasteiger partial charge in [-0.05, 0) is 79.5 Å². The van der Waals surface area contributed by atoms with E-state index in [0.717, 1.165) is 24.8 Å². The van der Waals surface area contributed by atoms with Crippen LogP contribution in [-0.2, 0) is 0 Å². The molecular weight excluding hydrogens is 425 g/mol. The molecule has 0 bridgehead atoms. The number of fused-ring (bicyclic) bond motifs is 1. The van der Waals surface area contributed by atoms with E-state index in [1.165, 1.54) is 62.1 Å². The largest absolute Gasteiger partial charge is 0.423 e. The molecule has 0 unspecified atom stereocenters. The van der Waals surface area contributed by atoms with Crippen LogP contribution in [0.3, 0.4) is 0 Å². The summed E-state index contributed by atoms with van der Waals surface area (Å²) in [6, 6.07) is 10.7. The van der Waals surface area contributed by atoms with Crippen molar-refractivity contribution in [1.29, 1.82) is 0 Å². The van der Waals surface area contributed by atoms with E-state index in [4.69, 9.17) is 4.74 Å². The van der Waals surface area contributed by atoms with Crippen molar-refractivity contribution in [3.05, 3.63) is 77.1 Å². The zero-order valence-corrected chi connectivity index (χ0v) is 18.5. The predicted octanol–water partition coefficient (Wildman–Crippen LogP) is 7.43. The summed E-state index contributed by atoms with van der Waals surface area (Å²) in [6.07, 6.45) is 7.04. The van der Waals surface area contributed by atoms with Crippen molar-refractivity contribution < 1.29 is 22.7 Å². The zero-order valence-electron chi connectivity index (χ0n) is 18.5. The third-order valence-electron chi connectivity index (χ3n) is 6.24. The highest BCUT2D eigenvalue weighted by atomic mass is 19.2. The van der Waals surface area contributed by atoms with Crippen LogP contribution in [0.2, 0.25) is 0 Å². The van der Waals surface area contributed by atoms with Crippen molar-refractivity contribution in [2.45, 2.75) is 45.4 Å². The van der Waals surface area contributed by atoms with Gasteiger partial charge in [-0.1, -0.05) is 37.7 Å². The van der Waals surface area contributed by atoms with Crippen molar-refractivity contribution in [1.82, 2.24) is 0 Å². The maximum absolute atomic E-state index is 14.6. The van der Waals surface area contributed by atoms with Gasteiger partial charge in [0, 0.05) is 16.9 Å². The minimum Gasteiger partial charge on any atom is -0.423 e. The van der Waals surface area contributed by atoms with Crippen molar-refractivity contribution in [3.8, 4) is 17.6 Å². The normalized spacial score (nSPS) is 17.9. The van der Waals surface area contributed by atoms with Crippen molar-refractivity contribution in [2.75, 3.05) is 0 Å². The summed E-state index contributed by atoms with van der Waals surface area (Å²) in [4.78, 5) is 12.5. The molecule has 0 amide bonds. The van der Waals surface area contributed by atoms with Gasteiger partial charge in [-0.25, -0.2) is 18.0 Å². The SMILES string of the molecule is CCCC1CCC(C#Cc2ccc(C(=O)Oc3ccc4c(F)c(F)ccc4c3)c(F)c2)CC1. The van der Waals surface area contributed by atoms with Crippen LogP contribution in [0.5, 0.6) is 5.75 Å². The third-order valence-corrected chi connectivity index (χ3v) is 6.24. The van der Waals surface area contributed by atoms with E-state index < -0.39 is 23.4 Å². The van der Waals surface area contributed by atoms with Gasteiger partial charge < -0.3 is 4.74 Å². The smallest absolute Gasteiger partial charge is 0.346 e. The average molecular weight is 451 g/mol. The highest BCUT2D eigenvalue weighted by Crippen LogP contribution is 2.31. The summed E-state index contributed by atoms with van der Waals surface area (Å²) in [5, 5.41) is 0.441. The molecule has 0 radical (unpaired) electrons. The molecule has 2 nitrogen and oxygen atoms in total. The molecule has 1 saturated carbocycles. The number of halogens is 3. The molecule has 3 aromatic carbocycles. The van der Waals surface area contributed by atoms with Gasteiger partial charge in [0.2, 0.25) is 0 Å². The Kier molecular flexibility index (Phi) is 7.03. The Hall–Kier alpha value is -3.26. The number of carbonyl (C=O) groups excluding carboxylic acids is 1. The fourth-order valence-electron chi connectivity index (χ4n) is 4.42. The first kappa shape index (κ1) is 22.9. The van der Waals surface area contributed by atoms with Crippen LogP contribution in [0.1, 0.15) is 61.4 Å². The molecular formula is C28H25F3O2. The summed E-state index contributed by atoms with van der Waals surface area (Å²) < 4.78 is 47.0. The monoisotopic (exact) mass is 450 g/mol. The molecule has 0 atom stereocenters. The number of ether oxygens (including phenoxy) is 1. The second kappa shape index (κ2) is 10.1. The average Bonchev–Trinajstić information content (AvgIpc) is 2.81. The van der Waals surface area contributed by atoms with Gasteiger partial charge in [-0.3, -0.25) is 0 Å². The first-order chi connectivity index (χ1) is 15.9. The van der Waals surface area contributed by atoms with Crippen LogP contribution in [0.15, 0.2) is 48.5 Å². The van der Waals surface area contributed by atoms with E-state index in [9.17, 15) is 18.0 Å². The Bertz CT molecular complexity index is 1230. The van der Waals surface area contributed by atoms with Gasteiger partial charge in [0.05, 0.1) is 5.56 Å². The quantitative estimate of drug-likeness (QED) is 0.235. The van der Waals surface area contributed by atoms with Gasteiger partial charge in [0.15, 0.2) is 11.6 Å². The fraction of sp³-hybridized carbons (Fsp3) is 0.321. The maximum atomic E-state index is 14.6. The van der Waals surface area contributed by atoms with E-state index in [1.807, 2.05) is 0 Å². The minimum atomic E-state index is -0.970. The van der Waals surface area contributed by atoms with Crippen molar-refractivity contribution >= 4 is 16.7 Å². The van der Waals surface area contributed by atoms with Crippen molar-refractivity contribution in [2.24, 2.45) is 11.8 Å². The second-order valence-corrected chi connectivity index (χ2v) is 8.60. The van der Waals surface area contributed by atoms with Crippen LogP contribution in [0.25, 0.3) is 10.8 Å². The molecule has 0 heterocycles. The molecule has 1 fully saturated rings. The van der Waals surface area contributed by atoms with Gasteiger partial charge in [0.25, 0.3) is 0 Å². The van der Waals surface area contributed by atoms with Crippen LogP contribution in [-0.4, -0.2) is 5.97 Å². The Morgan fingerprint density at radius 2 is 1.76 bits per heavy atom. The molecule has 170 valence electrons. The molecule has 0 saturated heterocycles. The molecule has 0 N–H and O–H groups in total. The summed E-state index contributed by atoms with van der Waals surface area (Å²) in [7, 11) is 0. The maximum Gasteiger partial charge on any atom is 0.346 e. The van der Waals surface area contributed by atoms with Crippen LogP contribution >= 0.6 is 0 Å². The van der Waals surface area contributed by atoms with Gasteiger partial charge in [-0.2, -0.15) is 0 Å². The predicted molar refractivity (Wildman–Crippen MR) is 122 cm³/mol. The molecule has 1 aliphatic carbocycles. The Balaban J connectivity index is 1.43. The molecule has 0 spiro atoms. The number of carbonyl (C=O) groups is 1. The first-order valence-electron chi connectivity index (χ1n) is 11.4. The molecule has 4 rings (SSSR count). The lowest BCUT2D eigenvalue weighted by molar-refractivity contribution is 0.0730. The first-order valence-corrected chi connectivity index (χ1v) is 11.4. The van der Waals surface area contributed by atoms with E-state index in [-0.39, 0.29) is 16.7 Å². The van der Waals surface area contributed by atoms with E-state index >= 15 is 0 Å². The standard InChI is InChI=1S/C28H25F3O2/c1-2-3-18-4-6-19(7-5-18)8-9-20-10-13-24(26(30)16-20)28(32)33-22-12-14-23-21(17-22)11-15-25(29)27(23)31/h10-19H,2-7H2,1H3. The topological polar surface area (TPSA) is 26.3 Å². The van der Waals surface area contributed by atoms with E-state index in [1.54, 1.807) is 6.07 Å². The fourth-order valence-corrected chi connectivity index (χ4v) is 4.42. The molecule has 5 heteroatoms. The Morgan fingerprint density at radius 3 is 2.48 bits per heavy atom. The summed E-state index contributed by atoms with van der Waals surface area (Å²) in [6.45, 7) is 2.21. The number of esters is 1. The third kappa shape index (κ3) is 5.39. The van der Waals surface area contributed by atoms with Gasteiger partial charge >= 0.3 is 5.97 Å². The van der Waals surface area contributed by atoms with Gasteiger partial charge in [-0.15, -0.1) is 0 Å². The highest BCUT2D eigenvalue weighted by molar-refractivity contribution is 5.92. The Labute approximate surface area is 191 Å². The number of hydrogen-bond donors (Lipinski definition) is 0. The lowest BCUT2D eigenvalue weighted by Gasteiger charge is -2.25. The number of hydrogen-bond acceptors (Lipinski definition) is 2. The molecule has 1 aliphatic rings.